The number of aromatic nitrogens is 3. The summed E-state index contributed by atoms with van der Waals surface area (Å²) < 4.78 is 23.7. The van der Waals surface area contributed by atoms with Crippen LogP contribution in [0.3, 0.4) is 0 Å². The molecule has 4 aliphatic rings. The van der Waals surface area contributed by atoms with Gasteiger partial charge in [0.05, 0.1) is 39.8 Å². The van der Waals surface area contributed by atoms with Crippen molar-refractivity contribution in [1.82, 2.24) is 50.1 Å². The van der Waals surface area contributed by atoms with Crippen LogP contribution in [0.15, 0.2) is 97.2 Å². The Morgan fingerprint density at radius 1 is 0.907 bits per heavy atom. The molecular formula is C66H83ClFN11O6S. The normalized spacial score (nSPS) is 19.6. The zero-order valence-corrected chi connectivity index (χ0v) is 52.1. The van der Waals surface area contributed by atoms with Crippen LogP contribution >= 0.6 is 22.9 Å². The molecule has 4 N–H and O–H groups in total. The number of piperidine rings is 1. The number of β-amino-alcohol motifs (C(OH)–C–C–N with tert-alkyl or cyclic N) is 1. The molecule has 0 unspecified atom stereocenters. The number of likely N-dealkylation sites (tertiary alicyclic amines) is 2. The Kier molecular flexibility index (Phi) is 19.6. The number of aryl methyl sites for hydroxylation is 1. The number of nitrogens with zero attached hydrogens (tertiary/aromatic N) is 9. The molecule has 4 fully saturated rings. The van der Waals surface area contributed by atoms with E-state index in [-0.39, 0.29) is 70.8 Å². The predicted octanol–water partition coefficient (Wildman–Crippen LogP) is 9.45. The second-order valence-electron chi connectivity index (χ2n) is 25.0. The number of ether oxygens (including phenoxy) is 1. The van der Waals surface area contributed by atoms with Crippen molar-refractivity contribution < 1.29 is 33.7 Å². The molecule has 0 saturated carbocycles. The number of aliphatic hydroxyl groups excluding tert-OH is 1. The van der Waals surface area contributed by atoms with Crippen molar-refractivity contribution >= 4 is 68.2 Å². The van der Waals surface area contributed by atoms with Gasteiger partial charge in [-0.05, 0) is 129 Å². The molecule has 4 aliphatic heterocycles. The van der Waals surface area contributed by atoms with Crippen molar-refractivity contribution in [3.8, 4) is 33.3 Å². The van der Waals surface area contributed by atoms with Crippen molar-refractivity contribution in [2.75, 3.05) is 96.5 Å². The zero-order valence-electron chi connectivity index (χ0n) is 50.5. The summed E-state index contributed by atoms with van der Waals surface area (Å²) in [5.41, 5.74) is 5.75. The molecule has 5 atom stereocenters. The minimum atomic E-state index is -0.787. The van der Waals surface area contributed by atoms with Gasteiger partial charge in [-0.15, -0.1) is 11.3 Å². The van der Waals surface area contributed by atoms with Crippen molar-refractivity contribution in [1.29, 1.82) is 0 Å². The molecule has 4 aromatic carbocycles. The molecule has 17 nitrogen and oxygen atoms in total. The van der Waals surface area contributed by atoms with Crippen LogP contribution in [0.2, 0.25) is 5.02 Å². The highest BCUT2D eigenvalue weighted by molar-refractivity contribution is 7.13. The lowest BCUT2D eigenvalue weighted by atomic mass is 9.85. The molecule has 0 spiro atoms. The second-order valence-corrected chi connectivity index (χ2v) is 26.2. The van der Waals surface area contributed by atoms with Gasteiger partial charge in [-0.25, -0.2) is 9.37 Å². The van der Waals surface area contributed by atoms with Crippen molar-refractivity contribution in [3.05, 3.63) is 119 Å². The van der Waals surface area contributed by atoms with E-state index >= 15 is 4.39 Å². The third kappa shape index (κ3) is 14.5. The topological polar surface area (TPSA) is 183 Å². The molecule has 3 amide bonds. The van der Waals surface area contributed by atoms with Crippen molar-refractivity contribution in [3.63, 3.8) is 0 Å². The minimum Gasteiger partial charge on any atom is -0.508 e. The summed E-state index contributed by atoms with van der Waals surface area (Å²) in [5.74, 6) is -0.148. The van der Waals surface area contributed by atoms with Gasteiger partial charge >= 0.3 is 6.01 Å². The van der Waals surface area contributed by atoms with Gasteiger partial charge in [-0.1, -0.05) is 94.1 Å². The van der Waals surface area contributed by atoms with Crippen LogP contribution in [0.25, 0.3) is 43.2 Å². The second kappa shape index (κ2) is 27.1. The summed E-state index contributed by atoms with van der Waals surface area (Å²) in [6, 6.07) is 19.4. The third-order valence-electron chi connectivity index (χ3n) is 17.7. The first kappa shape index (κ1) is 62.3. The molecule has 20 heteroatoms. The van der Waals surface area contributed by atoms with E-state index in [9.17, 15) is 24.6 Å². The first-order valence-corrected chi connectivity index (χ1v) is 31.6. The Morgan fingerprint density at radius 3 is 2.30 bits per heavy atom. The Hall–Kier alpha value is -6.74. The largest absolute Gasteiger partial charge is 0.508 e. The number of phenolic OH excluding ortho intramolecular Hbond substituents is 1. The number of hydrogen-bond acceptors (Lipinski definition) is 15. The average molecular weight is 1210 g/mol. The number of carbonyl (C=O) groups is 3. The monoisotopic (exact) mass is 1210 g/mol. The fraction of sp³-hybridized carbons (Fsp3) is 0.485. The minimum absolute atomic E-state index is 0.0144. The van der Waals surface area contributed by atoms with Gasteiger partial charge in [0, 0.05) is 94.6 Å². The average Bonchev–Trinajstić information content (AvgIpc) is 1.05. The molecule has 10 rings (SSSR count). The van der Waals surface area contributed by atoms with Gasteiger partial charge < -0.3 is 45.2 Å². The lowest BCUT2D eigenvalue weighted by molar-refractivity contribution is -0.140. The van der Waals surface area contributed by atoms with Gasteiger partial charge in [0.2, 0.25) is 17.7 Å². The van der Waals surface area contributed by atoms with Crippen LogP contribution in [0.5, 0.6) is 11.8 Å². The van der Waals surface area contributed by atoms with Crippen LogP contribution in [-0.2, 0) is 14.4 Å². The van der Waals surface area contributed by atoms with Gasteiger partial charge in [0.1, 0.15) is 29.2 Å². The molecule has 6 aromatic rings. The van der Waals surface area contributed by atoms with Crippen LogP contribution in [0, 0.1) is 24.1 Å². The number of fused-ring (bicyclic) bond motifs is 2. The number of piperazine rings is 2. The van der Waals surface area contributed by atoms with Gasteiger partial charge in [-0.3, -0.25) is 24.2 Å². The summed E-state index contributed by atoms with van der Waals surface area (Å²) >= 11 is 8.59. The molecule has 0 bridgehead atoms. The summed E-state index contributed by atoms with van der Waals surface area (Å²) in [7, 11) is 0. The van der Waals surface area contributed by atoms with Crippen LogP contribution in [-0.4, -0.2) is 183 Å². The SMILES string of the molecule is C=CC(=O)N1CCN(c2nc(O[C@H](C)CN3CCN(CCCC4CCN(CC(=O)N[C@H](C(=O)N5C[C@H](O)C[C@H]5C(=C)N[C@@H](C)c5ccc(-c6scnc6C)cc5)C(C)(C)C)CC4)CC3)nc3c(F)c(-c4cc(O)cc5ccccc45)c(Cl)cc23)CC1. The number of halogens is 2. The molecule has 2 aromatic heterocycles. The predicted molar refractivity (Wildman–Crippen MR) is 340 cm³/mol. The standard InChI is InChI=1S/C66H83ClFN11O6S/c1-9-57(83)77-29-31-78(32-30-77)63-53-36-54(67)58(52-34-49(80)33-48-14-10-11-15-51(48)52)59(68)60(53)72-65(73-63)85-41(2)37-76-27-25-74(26-28-76)22-12-13-45-20-23-75(24-21-45)39-56(82)71-62(66(6,7)8)64(84)79-38-50(81)35-55(79)43(4)70-42(3)46-16-18-47(19-17-46)61-44(5)69-40-86-61/h9-11,14-19,33-34,36,40-42,45,50,55,62,70,80-81H,1,4,12-13,20-32,35,37-39H2,2-3,5-8H3,(H,71,82)/t41-,42+,50-,55+,62-/m1/s1. The summed E-state index contributed by atoms with van der Waals surface area (Å²) in [6.07, 6.45) is 4.91. The van der Waals surface area contributed by atoms with E-state index < -0.39 is 29.4 Å². The number of aliphatic hydroxyl groups is 1. The van der Waals surface area contributed by atoms with E-state index in [0.29, 0.717) is 67.5 Å². The first-order valence-electron chi connectivity index (χ1n) is 30.4. The molecule has 0 radical (unpaired) electrons. The van der Waals surface area contributed by atoms with E-state index in [0.717, 1.165) is 104 Å². The number of thiazole rings is 1. The van der Waals surface area contributed by atoms with E-state index in [4.69, 9.17) is 26.3 Å². The van der Waals surface area contributed by atoms with E-state index in [1.165, 1.54) is 12.1 Å². The number of benzene rings is 4. The van der Waals surface area contributed by atoms with Crippen LogP contribution in [0.4, 0.5) is 10.2 Å². The lowest BCUT2D eigenvalue weighted by Gasteiger charge is -2.37. The zero-order chi connectivity index (χ0) is 61.0. The first-order chi connectivity index (χ1) is 41.2. The Morgan fingerprint density at radius 2 is 1.62 bits per heavy atom. The molecule has 86 heavy (non-hydrogen) atoms. The molecule has 0 aliphatic carbocycles. The fourth-order valence-electron chi connectivity index (χ4n) is 12.9. The number of phenols is 1. The van der Waals surface area contributed by atoms with Gasteiger partial charge in [0.15, 0.2) is 5.82 Å². The highest BCUT2D eigenvalue weighted by atomic mass is 35.5. The maximum atomic E-state index is 17.2. The number of hydrogen-bond donors (Lipinski definition) is 4. The van der Waals surface area contributed by atoms with E-state index in [2.05, 4.69) is 74.7 Å². The Balaban J connectivity index is 0.678. The number of rotatable bonds is 20. The van der Waals surface area contributed by atoms with E-state index in [1.807, 2.05) is 69.3 Å². The number of nitrogens with one attached hydrogen (secondary N) is 2. The van der Waals surface area contributed by atoms with Gasteiger partial charge in [0.25, 0.3) is 0 Å². The van der Waals surface area contributed by atoms with E-state index in [1.54, 1.807) is 33.3 Å². The smallest absolute Gasteiger partial charge is 0.319 e. The molecule has 458 valence electrons. The maximum absolute atomic E-state index is 17.2. The van der Waals surface area contributed by atoms with Crippen LogP contribution < -0.4 is 20.3 Å². The molecule has 4 saturated heterocycles. The summed E-state index contributed by atoms with van der Waals surface area (Å²) in [4.78, 5) is 68.4. The number of amides is 3. The summed E-state index contributed by atoms with van der Waals surface area (Å²) in [6.45, 7) is 29.0. The quantitative estimate of drug-likeness (QED) is 0.0531. The van der Waals surface area contributed by atoms with Gasteiger partial charge in [-0.2, -0.15) is 9.97 Å². The van der Waals surface area contributed by atoms with Crippen molar-refractivity contribution in [2.24, 2.45) is 11.3 Å². The third-order valence-corrected chi connectivity index (χ3v) is 19.0. The highest BCUT2D eigenvalue weighted by Crippen LogP contribution is 2.43. The Labute approximate surface area is 513 Å². The lowest BCUT2D eigenvalue weighted by Crippen LogP contribution is -2.57. The number of carbonyl (C=O) groups excluding carboxylic acids is 3. The summed E-state index contributed by atoms with van der Waals surface area (Å²) in [5, 5.41) is 30.3. The maximum Gasteiger partial charge on any atom is 0.319 e. The number of aromatic hydroxyl groups is 1. The Bertz CT molecular complexity index is 3430. The number of anilines is 1. The molecular weight excluding hydrogens is 1130 g/mol. The van der Waals surface area contributed by atoms with Crippen LogP contribution in [0.1, 0.15) is 84.0 Å². The van der Waals surface area contributed by atoms with Crippen molar-refractivity contribution in [2.45, 2.75) is 104 Å². The molecule has 6 heterocycles. The highest BCUT2D eigenvalue weighted by Gasteiger charge is 2.43. The fourth-order valence-corrected chi connectivity index (χ4v) is 14.0.